The first-order chi connectivity index (χ1) is 13.1. The second-order valence-corrected chi connectivity index (χ2v) is 6.96. The number of benzene rings is 1. The van der Waals surface area contributed by atoms with Crippen molar-refractivity contribution in [2.24, 2.45) is 5.92 Å². The number of carbonyl (C=O) groups is 2. The quantitative estimate of drug-likeness (QED) is 0.882. The van der Waals surface area contributed by atoms with E-state index in [1.807, 2.05) is 29.2 Å². The van der Waals surface area contributed by atoms with Crippen molar-refractivity contribution < 1.29 is 14.3 Å². The summed E-state index contributed by atoms with van der Waals surface area (Å²) in [5.74, 6) is 0.894. The van der Waals surface area contributed by atoms with Crippen molar-refractivity contribution in [2.75, 3.05) is 20.2 Å². The number of pyridine rings is 1. The standard InChI is InChI=1S/C21H25N3O3/c1-15-6-5-9-24(14-15)21(26)18-10-17(11-22-12-18)20(25)23-13-16-7-3-4-8-19(16)27-2/h3-4,7-8,10-12,15H,5-6,9,13-14H2,1-2H3,(H,23,25). The smallest absolute Gasteiger partial charge is 0.255 e. The minimum atomic E-state index is -0.268. The zero-order valence-electron chi connectivity index (χ0n) is 15.8. The first kappa shape index (κ1) is 18.9. The highest BCUT2D eigenvalue weighted by Gasteiger charge is 2.23. The summed E-state index contributed by atoms with van der Waals surface area (Å²) in [5.41, 5.74) is 1.71. The summed E-state index contributed by atoms with van der Waals surface area (Å²) in [6.45, 7) is 4.00. The van der Waals surface area contributed by atoms with Crippen molar-refractivity contribution in [3.8, 4) is 5.75 Å². The van der Waals surface area contributed by atoms with E-state index in [-0.39, 0.29) is 11.8 Å². The van der Waals surface area contributed by atoms with Crippen LogP contribution >= 0.6 is 0 Å². The third-order valence-electron chi connectivity index (χ3n) is 4.82. The molecule has 1 atom stereocenters. The van der Waals surface area contributed by atoms with Gasteiger partial charge in [0.05, 0.1) is 18.2 Å². The van der Waals surface area contributed by atoms with Crippen molar-refractivity contribution in [3.05, 3.63) is 59.4 Å². The molecule has 0 aliphatic carbocycles. The Morgan fingerprint density at radius 3 is 2.81 bits per heavy atom. The van der Waals surface area contributed by atoms with E-state index in [0.717, 1.165) is 37.2 Å². The van der Waals surface area contributed by atoms with Crippen LogP contribution in [-0.4, -0.2) is 41.9 Å². The summed E-state index contributed by atoms with van der Waals surface area (Å²) in [4.78, 5) is 31.2. The lowest BCUT2D eigenvalue weighted by Gasteiger charge is -2.30. The van der Waals surface area contributed by atoms with Gasteiger partial charge in [-0.25, -0.2) is 0 Å². The number of para-hydroxylation sites is 1. The molecule has 1 aromatic carbocycles. The Bertz CT molecular complexity index is 822. The normalized spacial score (nSPS) is 16.7. The molecular weight excluding hydrogens is 342 g/mol. The molecule has 0 radical (unpaired) electrons. The van der Waals surface area contributed by atoms with Crippen LogP contribution in [0.1, 0.15) is 46.0 Å². The van der Waals surface area contributed by atoms with Gasteiger partial charge in [-0.3, -0.25) is 14.6 Å². The maximum absolute atomic E-state index is 12.7. The molecule has 6 nitrogen and oxygen atoms in total. The second-order valence-electron chi connectivity index (χ2n) is 6.96. The lowest BCUT2D eigenvalue weighted by Crippen LogP contribution is -2.39. The van der Waals surface area contributed by atoms with E-state index in [9.17, 15) is 9.59 Å². The van der Waals surface area contributed by atoms with Crippen molar-refractivity contribution in [2.45, 2.75) is 26.3 Å². The van der Waals surface area contributed by atoms with Gasteiger partial charge in [0.1, 0.15) is 5.75 Å². The molecule has 1 aliphatic rings. The number of ether oxygens (including phenoxy) is 1. The van der Waals surface area contributed by atoms with Gasteiger partial charge in [-0.1, -0.05) is 25.1 Å². The Balaban J connectivity index is 1.67. The number of rotatable bonds is 5. The van der Waals surface area contributed by atoms with E-state index >= 15 is 0 Å². The molecule has 1 aromatic heterocycles. The summed E-state index contributed by atoms with van der Waals surface area (Å²) in [7, 11) is 1.60. The summed E-state index contributed by atoms with van der Waals surface area (Å²) >= 11 is 0. The third kappa shape index (κ3) is 4.64. The number of aromatic nitrogens is 1. The number of hydrogen-bond acceptors (Lipinski definition) is 4. The monoisotopic (exact) mass is 367 g/mol. The van der Waals surface area contributed by atoms with Crippen LogP contribution in [0.25, 0.3) is 0 Å². The van der Waals surface area contributed by atoms with Gasteiger partial charge >= 0.3 is 0 Å². The van der Waals surface area contributed by atoms with Gasteiger partial charge in [-0.15, -0.1) is 0 Å². The molecule has 0 saturated carbocycles. The second kappa shape index (κ2) is 8.66. The molecule has 0 bridgehead atoms. The molecule has 27 heavy (non-hydrogen) atoms. The molecule has 2 aromatic rings. The minimum Gasteiger partial charge on any atom is -0.496 e. The van der Waals surface area contributed by atoms with Crippen molar-refractivity contribution in [1.82, 2.24) is 15.2 Å². The van der Waals surface area contributed by atoms with Crippen LogP contribution in [0.15, 0.2) is 42.7 Å². The number of piperidine rings is 1. The zero-order valence-corrected chi connectivity index (χ0v) is 15.8. The molecule has 2 heterocycles. The topological polar surface area (TPSA) is 71.5 Å². The van der Waals surface area contributed by atoms with Crippen molar-refractivity contribution >= 4 is 11.8 Å². The van der Waals surface area contributed by atoms with Gasteiger partial charge in [0.15, 0.2) is 0 Å². The Labute approximate surface area is 159 Å². The Morgan fingerprint density at radius 2 is 2.04 bits per heavy atom. The number of nitrogens with zero attached hydrogens (tertiary/aromatic N) is 2. The van der Waals surface area contributed by atoms with E-state index in [4.69, 9.17) is 4.74 Å². The summed E-state index contributed by atoms with van der Waals surface area (Å²) in [6.07, 6.45) is 5.17. The van der Waals surface area contributed by atoms with Gasteiger partial charge < -0.3 is 15.0 Å². The number of methoxy groups -OCH3 is 1. The van der Waals surface area contributed by atoms with Gasteiger partial charge in [-0.2, -0.15) is 0 Å². The maximum Gasteiger partial charge on any atom is 0.255 e. The first-order valence-corrected chi connectivity index (χ1v) is 9.23. The highest BCUT2D eigenvalue weighted by molar-refractivity contribution is 5.99. The third-order valence-corrected chi connectivity index (χ3v) is 4.82. The number of likely N-dealkylation sites (tertiary alicyclic amines) is 1. The number of carbonyl (C=O) groups excluding carboxylic acids is 2. The highest BCUT2D eigenvalue weighted by atomic mass is 16.5. The average molecular weight is 367 g/mol. The predicted molar refractivity (Wildman–Crippen MR) is 103 cm³/mol. The molecule has 2 amide bonds. The maximum atomic E-state index is 12.7. The molecule has 142 valence electrons. The largest absolute Gasteiger partial charge is 0.496 e. The Hall–Kier alpha value is -2.89. The van der Waals surface area contributed by atoms with E-state index in [1.54, 1.807) is 13.2 Å². The van der Waals surface area contributed by atoms with Gasteiger partial charge in [-0.05, 0) is 30.9 Å². The van der Waals surface area contributed by atoms with E-state index < -0.39 is 0 Å². The summed E-state index contributed by atoms with van der Waals surface area (Å²) in [6, 6.07) is 9.14. The fourth-order valence-electron chi connectivity index (χ4n) is 3.36. The molecule has 1 fully saturated rings. The molecule has 1 unspecified atom stereocenters. The SMILES string of the molecule is COc1ccccc1CNC(=O)c1cncc(C(=O)N2CCCC(C)C2)c1. The van der Waals surface area contributed by atoms with Crippen molar-refractivity contribution in [1.29, 1.82) is 0 Å². The van der Waals surface area contributed by atoms with Crippen LogP contribution in [0.3, 0.4) is 0 Å². The van der Waals surface area contributed by atoms with Crippen LogP contribution in [0, 0.1) is 5.92 Å². The Kier molecular flexibility index (Phi) is 6.06. The lowest BCUT2D eigenvalue weighted by atomic mass is 9.99. The average Bonchev–Trinajstić information content (AvgIpc) is 2.71. The van der Waals surface area contributed by atoms with Gasteiger partial charge in [0.25, 0.3) is 11.8 Å². The van der Waals surface area contributed by atoms with Crippen LogP contribution in [-0.2, 0) is 6.54 Å². The van der Waals surface area contributed by atoms with Gasteiger partial charge in [0, 0.05) is 37.6 Å². The lowest BCUT2D eigenvalue weighted by molar-refractivity contribution is 0.0682. The fraction of sp³-hybridized carbons (Fsp3) is 0.381. The molecular formula is C21H25N3O3. The van der Waals surface area contributed by atoms with Crippen LogP contribution in [0.4, 0.5) is 0 Å². The number of amides is 2. The predicted octanol–water partition coefficient (Wildman–Crippen LogP) is 2.89. The van der Waals surface area contributed by atoms with Crippen LogP contribution < -0.4 is 10.1 Å². The van der Waals surface area contributed by atoms with E-state index in [2.05, 4.69) is 17.2 Å². The molecule has 1 N–H and O–H groups in total. The molecule has 1 saturated heterocycles. The first-order valence-electron chi connectivity index (χ1n) is 9.23. The minimum absolute atomic E-state index is 0.0616. The highest BCUT2D eigenvalue weighted by Crippen LogP contribution is 2.19. The molecule has 0 spiro atoms. The van der Waals surface area contributed by atoms with E-state index in [1.165, 1.54) is 12.4 Å². The van der Waals surface area contributed by atoms with Gasteiger partial charge in [0.2, 0.25) is 0 Å². The summed E-state index contributed by atoms with van der Waals surface area (Å²) < 4.78 is 5.30. The van der Waals surface area contributed by atoms with Crippen LogP contribution in [0.2, 0.25) is 0 Å². The fourth-order valence-corrected chi connectivity index (χ4v) is 3.36. The van der Waals surface area contributed by atoms with Crippen LogP contribution in [0.5, 0.6) is 5.75 Å². The van der Waals surface area contributed by atoms with Crippen molar-refractivity contribution in [3.63, 3.8) is 0 Å². The van der Waals surface area contributed by atoms with E-state index in [0.29, 0.717) is 23.6 Å². The number of nitrogens with one attached hydrogen (secondary N) is 1. The molecule has 1 aliphatic heterocycles. The summed E-state index contributed by atoms with van der Waals surface area (Å²) in [5, 5.41) is 2.86. The molecule has 6 heteroatoms. The number of hydrogen-bond donors (Lipinski definition) is 1. The zero-order chi connectivity index (χ0) is 19.2. The molecule has 3 rings (SSSR count). The Morgan fingerprint density at radius 1 is 1.26 bits per heavy atom.